The van der Waals surface area contributed by atoms with Crippen molar-refractivity contribution in [1.82, 2.24) is 19.5 Å². The molecule has 0 radical (unpaired) electrons. The van der Waals surface area contributed by atoms with Gasteiger partial charge >= 0.3 is 0 Å². The molecule has 2 aromatic heterocycles. The van der Waals surface area contributed by atoms with Crippen LogP contribution >= 0.6 is 0 Å². The van der Waals surface area contributed by atoms with E-state index in [1.54, 1.807) is 0 Å². The Morgan fingerprint density at radius 2 is 1.08 bits per heavy atom. The molecule has 8 aromatic carbocycles. The number of aryl methyl sites for hydroxylation is 2. The van der Waals surface area contributed by atoms with Gasteiger partial charge in [0.2, 0.25) is 5.95 Å². The van der Waals surface area contributed by atoms with E-state index >= 15 is 0 Å². The van der Waals surface area contributed by atoms with Crippen molar-refractivity contribution in [3.05, 3.63) is 163 Å². The Bertz CT molecular complexity index is 2850. The van der Waals surface area contributed by atoms with E-state index in [0.29, 0.717) is 17.6 Å². The van der Waals surface area contributed by atoms with Crippen molar-refractivity contribution in [2.75, 3.05) is 4.90 Å². The molecule has 10 aromatic rings. The van der Waals surface area contributed by atoms with Crippen LogP contribution in [0.4, 0.5) is 17.3 Å². The summed E-state index contributed by atoms with van der Waals surface area (Å²) in [5.41, 5.74) is 7.97. The van der Waals surface area contributed by atoms with Crippen LogP contribution in [0.5, 0.6) is 0 Å². The summed E-state index contributed by atoms with van der Waals surface area (Å²) in [6.07, 6.45) is 0. The van der Waals surface area contributed by atoms with Gasteiger partial charge < -0.3 is 4.57 Å². The lowest BCUT2D eigenvalue weighted by Gasteiger charge is -2.23. The predicted octanol–water partition coefficient (Wildman–Crippen LogP) is 11.6. The summed E-state index contributed by atoms with van der Waals surface area (Å²) < 4.78 is 2.41. The SMILES string of the molecule is Cc1nc(C)nc(N(c2ccccc2)c2ccc(-c3ccc4ccc5cc6c(c7ccc3c4c57)c3ccccc3n6-c3ccccc3)cc2)n1. The van der Waals surface area contributed by atoms with Crippen molar-refractivity contribution < 1.29 is 0 Å². The van der Waals surface area contributed by atoms with Crippen LogP contribution in [0, 0.1) is 13.8 Å². The molecule has 5 nitrogen and oxygen atoms in total. The summed E-state index contributed by atoms with van der Waals surface area (Å²) in [6, 6.07) is 54.6. The highest BCUT2D eigenvalue weighted by atomic mass is 15.3. The molecule has 236 valence electrons. The van der Waals surface area contributed by atoms with Gasteiger partial charge in [0.25, 0.3) is 0 Å². The minimum absolute atomic E-state index is 0.608. The zero-order valence-electron chi connectivity index (χ0n) is 27.7. The van der Waals surface area contributed by atoms with Gasteiger partial charge in [-0.3, -0.25) is 4.90 Å². The van der Waals surface area contributed by atoms with Gasteiger partial charge in [-0.1, -0.05) is 103 Å². The molecule has 0 bridgehead atoms. The largest absolute Gasteiger partial charge is 0.309 e. The molecule has 5 heteroatoms. The van der Waals surface area contributed by atoms with Crippen LogP contribution in [-0.4, -0.2) is 19.5 Å². The lowest BCUT2D eigenvalue weighted by Crippen LogP contribution is -2.15. The maximum absolute atomic E-state index is 4.72. The van der Waals surface area contributed by atoms with Gasteiger partial charge in [-0.25, -0.2) is 4.98 Å². The second kappa shape index (κ2) is 11.0. The molecular formula is C45H31N5. The Balaban J connectivity index is 1.16. The van der Waals surface area contributed by atoms with E-state index in [1.165, 1.54) is 65.4 Å². The van der Waals surface area contributed by atoms with Gasteiger partial charge in [-0.05, 0) is 106 Å². The minimum atomic E-state index is 0.608. The second-order valence-electron chi connectivity index (χ2n) is 12.9. The Morgan fingerprint density at radius 1 is 0.460 bits per heavy atom. The number of rotatable bonds is 5. The molecule has 0 amide bonds. The maximum Gasteiger partial charge on any atom is 0.238 e. The van der Waals surface area contributed by atoms with Gasteiger partial charge in [-0.2, -0.15) is 9.97 Å². The van der Waals surface area contributed by atoms with E-state index in [2.05, 4.69) is 148 Å². The zero-order chi connectivity index (χ0) is 33.3. The van der Waals surface area contributed by atoms with E-state index < -0.39 is 0 Å². The van der Waals surface area contributed by atoms with Gasteiger partial charge in [0, 0.05) is 27.8 Å². The van der Waals surface area contributed by atoms with Crippen LogP contribution in [0.1, 0.15) is 11.6 Å². The van der Waals surface area contributed by atoms with Crippen LogP contribution in [-0.2, 0) is 0 Å². The van der Waals surface area contributed by atoms with Gasteiger partial charge in [0.05, 0.1) is 11.0 Å². The predicted molar refractivity (Wildman–Crippen MR) is 207 cm³/mol. The first-order chi connectivity index (χ1) is 24.6. The number of hydrogen-bond donors (Lipinski definition) is 0. The first-order valence-corrected chi connectivity index (χ1v) is 17.0. The molecule has 0 aliphatic carbocycles. The molecule has 50 heavy (non-hydrogen) atoms. The molecule has 0 aliphatic rings. The lowest BCUT2D eigenvalue weighted by molar-refractivity contribution is 0.906. The van der Waals surface area contributed by atoms with Crippen LogP contribution in [0.15, 0.2) is 152 Å². The number of hydrogen-bond acceptors (Lipinski definition) is 4. The smallest absolute Gasteiger partial charge is 0.238 e. The number of benzene rings is 8. The minimum Gasteiger partial charge on any atom is -0.309 e. The molecule has 0 N–H and O–H groups in total. The van der Waals surface area contributed by atoms with E-state index in [4.69, 9.17) is 9.97 Å². The van der Waals surface area contributed by atoms with Crippen LogP contribution in [0.3, 0.4) is 0 Å². The second-order valence-corrected chi connectivity index (χ2v) is 12.9. The van der Waals surface area contributed by atoms with Crippen molar-refractivity contribution in [3.63, 3.8) is 0 Å². The maximum atomic E-state index is 4.72. The van der Waals surface area contributed by atoms with Crippen molar-refractivity contribution in [1.29, 1.82) is 0 Å². The van der Waals surface area contributed by atoms with Crippen molar-refractivity contribution >= 4 is 71.4 Å². The molecular weight excluding hydrogens is 611 g/mol. The van der Waals surface area contributed by atoms with Gasteiger partial charge in [0.15, 0.2) is 0 Å². The lowest BCUT2D eigenvalue weighted by atomic mass is 9.88. The number of fused-ring (bicyclic) bond motifs is 4. The Kier molecular flexibility index (Phi) is 6.24. The van der Waals surface area contributed by atoms with Crippen LogP contribution in [0.2, 0.25) is 0 Å². The van der Waals surface area contributed by atoms with Gasteiger partial charge in [-0.15, -0.1) is 0 Å². The first kappa shape index (κ1) is 28.4. The third kappa shape index (κ3) is 4.30. The van der Waals surface area contributed by atoms with E-state index in [0.717, 1.165) is 16.9 Å². The van der Waals surface area contributed by atoms with Crippen molar-refractivity contribution in [2.24, 2.45) is 0 Å². The standard InChI is InChI=1S/C45H31N5/c1-28-46-29(2)48-45(47-28)49(33-11-5-3-6-12-33)35-22-19-30(20-23-35)36-24-21-31-17-18-32-27-41-44(39-26-25-37(36)42(31)43(32)39)38-15-9-10-16-40(38)50(41)34-13-7-4-8-14-34/h3-27H,1-2H3. The molecule has 2 heterocycles. The first-order valence-electron chi connectivity index (χ1n) is 17.0. The quantitative estimate of drug-likeness (QED) is 0.175. The summed E-state index contributed by atoms with van der Waals surface area (Å²) in [5, 5.41) is 10.2. The molecule has 0 unspecified atom stereocenters. The highest BCUT2D eigenvalue weighted by Gasteiger charge is 2.20. The van der Waals surface area contributed by atoms with E-state index in [1.807, 2.05) is 32.0 Å². The normalized spacial score (nSPS) is 11.8. The number of nitrogens with zero attached hydrogens (tertiary/aromatic N) is 5. The fourth-order valence-corrected chi connectivity index (χ4v) is 7.88. The average molecular weight is 642 g/mol. The Morgan fingerprint density at radius 3 is 1.86 bits per heavy atom. The van der Waals surface area contributed by atoms with Crippen molar-refractivity contribution in [2.45, 2.75) is 13.8 Å². The Hall–Kier alpha value is -6.59. The van der Waals surface area contributed by atoms with Gasteiger partial charge in [0.1, 0.15) is 11.6 Å². The topological polar surface area (TPSA) is 46.8 Å². The zero-order valence-corrected chi connectivity index (χ0v) is 27.7. The summed E-state index contributed by atoms with van der Waals surface area (Å²) in [7, 11) is 0. The third-order valence-electron chi connectivity index (χ3n) is 9.93. The monoisotopic (exact) mass is 641 g/mol. The fourth-order valence-electron chi connectivity index (χ4n) is 7.88. The summed E-state index contributed by atoms with van der Waals surface area (Å²) >= 11 is 0. The summed E-state index contributed by atoms with van der Waals surface area (Å²) in [5.74, 6) is 2.00. The van der Waals surface area contributed by atoms with Crippen molar-refractivity contribution in [3.8, 4) is 16.8 Å². The Labute approximate surface area is 289 Å². The molecule has 0 saturated carbocycles. The molecule has 0 saturated heterocycles. The molecule has 0 spiro atoms. The number of para-hydroxylation sites is 3. The van der Waals surface area contributed by atoms with E-state index in [-0.39, 0.29) is 0 Å². The number of anilines is 3. The summed E-state index contributed by atoms with van der Waals surface area (Å²) in [4.78, 5) is 15.9. The highest BCUT2D eigenvalue weighted by Crippen LogP contribution is 2.45. The third-order valence-corrected chi connectivity index (χ3v) is 9.93. The molecule has 10 rings (SSSR count). The molecule has 0 aliphatic heterocycles. The highest BCUT2D eigenvalue weighted by molar-refractivity contribution is 6.34. The fraction of sp³-hybridized carbons (Fsp3) is 0.0444. The average Bonchev–Trinajstić information content (AvgIpc) is 3.48. The molecule has 0 atom stereocenters. The van der Waals surface area contributed by atoms with Crippen LogP contribution < -0.4 is 4.90 Å². The molecule has 0 fully saturated rings. The number of aromatic nitrogens is 4. The van der Waals surface area contributed by atoms with E-state index in [9.17, 15) is 0 Å². The van der Waals surface area contributed by atoms with Crippen LogP contribution in [0.25, 0.3) is 70.9 Å². The summed E-state index contributed by atoms with van der Waals surface area (Å²) in [6.45, 7) is 3.81.